The third kappa shape index (κ3) is 5.04. The zero-order chi connectivity index (χ0) is 19.1. The Labute approximate surface area is 158 Å². The van der Waals surface area contributed by atoms with Crippen LogP contribution in [0.25, 0.3) is 0 Å². The number of carbonyl (C=O) groups excluding carboxylic acids is 2. The largest absolute Gasteiger partial charge is 0.496 e. The number of nitrogens with one attached hydrogen (secondary N) is 2. The Morgan fingerprint density at radius 1 is 1.33 bits per heavy atom. The Bertz CT molecular complexity index is 782. The number of amides is 2. The fourth-order valence-electron chi connectivity index (χ4n) is 3.18. The topological polar surface area (TPSA) is 83.6 Å². The molecule has 7 nitrogen and oxygen atoms in total. The van der Waals surface area contributed by atoms with Crippen molar-refractivity contribution >= 4 is 11.8 Å². The van der Waals surface area contributed by atoms with E-state index in [0.29, 0.717) is 26.2 Å². The van der Waals surface area contributed by atoms with Gasteiger partial charge >= 0.3 is 0 Å². The molecule has 3 rings (SSSR count). The Morgan fingerprint density at radius 3 is 2.96 bits per heavy atom. The van der Waals surface area contributed by atoms with Crippen LogP contribution in [0.2, 0.25) is 0 Å². The summed E-state index contributed by atoms with van der Waals surface area (Å²) < 4.78 is 5.41. The van der Waals surface area contributed by atoms with Gasteiger partial charge in [0.1, 0.15) is 5.75 Å². The maximum Gasteiger partial charge on any atom is 0.237 e. The molecule has 1 unspecified atom stereocenters. The molecule has 1 fully saturated rings. The van der Waals surface area contributed by atoms with E-state index in [9.17, 15) is 9.59 Å². The second-order valence-corrected chi connectivity index (χ2v) is 6.43. The Kier molecular flexibility index (Phi) is 6.38. The molecule has 2 N–H and O–H groups in total. The molecule has 1 aliphatic heterocycles. The predicted octanol–water partition coefficient (Wildman–Crippen LogP) is 1.10. The minimum Gasteiger partial charge on any atom is -0.496 e. The number of pyridine rings is 1. The second-order valence-electron chi connectivity index (χ2n) is 6.43. The van der Waals surface area contributed by atoms with Crippen molar-refractivity contribution in [2.75, 3.05) is 20.2 Å². The lowest BCUT2D eigenvalue weighted by Gasteiger charge is -2.35. The van der Waals surface area contributed by atoms with Crippen molar-refractivity contribution in [3.63, 3.8) is 0 Å². The minimum absolute atomic E-state index is 0.112. The average Bonchev–Trinajstić information content (AvgIpc) is 2.70. The molecule has 7 heteroatoms. The third-order valence-electron chi connectivity index (χ3n) is 4.60. The molecule has 0 saturated carbocycles. The molecule has 142 valence electrons. The summed E-state index contributed by atoms with van der Waals surface area (Å²) in [7, 11) is 1.63. The molecular weight excluding hydrogens is 344 g/mol. The van der Waals surface area contributed by atoms with E-state index in [1.54, 1.807) is 19.5 Å². The highest BCUT2D eigenvalue weighted by Gasteiger charge is 2.31. The van der Waals surface area contributed by atoms with Gasteiger partial charge in [-0.15, -0.1) is 0 Å². The van der Waals surface area contributed by atoms with Crippen LogP contribution in [0.3, 0.4) is 0 Å². The zero-order valence-corrected chi connectivity index (χ0v) is 15.4. The van der Waals surface area contributed by atoms with Crippen molar-refractivity contribution in [2.45, 2.75) is 25.6 Å². The molecule has 1 aromatic heterocycles. The maximum atomic E-state index is 12.4. The summed E-state index contributed by atoms with van der Waals surface area (Å²) in [5.41, 5.74) is 1.92. The number of methoxy groups -OCH3 is 1. The molecule has 1 aromatic carbocycles. The van der Waals surface area contributed by atoms with Crippen LogP contribution in [-0.2, 0) is 22.7 Å². The van der Waals surface area contributed by atoms with Gasteiger partial charge in [-0.2, -0.15) is 0 Å². The first-order valence-corrected chi connectivity index (χ1v) is 8.96. The highest BCUT2D eigenvalue weighted by Crippen LogP contribution is 2.22. The first-order valence-electron chi connectivity index (χ1n) is 8.96. The number of piperazine rings is 1. The van der Waals surface area contributed by atoms with Crippen molar-refractivity contribution in [3.05, 3.63) is 59.9 Å². The molecule has 27 heavy (non-hydrogen) atoms. The number of aromatic nitrogens is 1. The smallest absolute Gasteiger partial charge is 0.237 e. The lowest BCUT2D eigenvalue weighted by Crippen LogP contribution is -2.56. The summed E-state index contributed by atoms with van der Waals surface area (Å²) in [5, 5.41) is 5.72. The van der Waals surface area contributed by atoms with Gasteiger partial charge < -0.3 is 15.4 Å². The van der Waals surface area contributed by atoms with Crippen LogP contribution in [-0.4, -0.2) is 47.9 Å². The molecule has 1 aliphatic rings. The van der Waals surface area contributed by atoms with E-state index in [0.717, 1.165) is 16.9 Å². The first kappa shape index (κ1) is 18.8. The molecule has 0 aliphatic carbocycles. The van der Waals surface area contributed by atoms with Crippen LogP contribution in [0.5, 0.6) is 5.75 Å². The molecule has 2 heterocycles. The van der Waals surface area contributed by atoms with Crippen LogP contribution < -0.4 is 15.4 Å². The summed E-state index contributed by atoms with van der Waals surface area (Å²) in [6, 6.07) is 10.9. The maximum absolute atomic E-state index is 12.4. The monoisotopic (exact) mass is 368 g/mol. The molecule has 0 spiro atoms. The van der Waals surface area contributed by atoms with Crippen molar-refractivity contribution < 1.29 is 14.3 Å². The zero-order valence-electron chi connectivity index (χ0n) is 15.4. The van der Waals surface area contributed by atoms with E-state index in [1.807, 2.05) is 41.3 Å². The normalized spacial score (nSPS) is 17.2. The van der Waals surface area contributed by atoms with E-state index < -0.39 is 6.04 Å². The molecular formula is C20H24N4O3. The molecule has 1 atom stereocenters. The van der Waals surface area contributed by atoms with Gasteiger partial charge in [0.2, 0.25) is 11.8 Å². The number of nitrogens with zero attached hydrogens (tertiary/aromatic N) is 2. The lowest BCUT2D eigenvalue weighted by molar-refractivity contribution is -0.134. The fraction of sp³-hybridized carbons (Fsp3) is 0.350. The highest BCUT2D eigenvalue weighted by atomic mass is 16.5. The van der Waals surface area contributed by atoms with E-state index in [1.165, 1.54) is 0 Å². The van der Waals surface area contributed by atoms with Gasteiger partial charge in [-0.05, 0) is 17.7 Å². The fourth-order valence-corrected chi connectivity index (χ4v) is 3.18. The van der Waals surface area contributed by atoms with Crippen molar-refractivity contribution in [3.8, 4) is 5.75 Å². The Morgan fingerprint density at radius 2 is 2.19 bits per heavy atom. The number of carbonyl (C=O) groups is 2. The molecule has 2 aromatic rings. The number of hydrogen-bond acceptors (Lipinski definition) is 5. The number of para-hydroxylation sites is 1. The summed E-state index contributed by atoms with van der Waals surface area (Å²) in [6.45, 7) is 2.21. The summed E-state index contributed by atoms with van der Waals surface area (Å²) in [5.74, 6) is 0.502. The third-order valence-corrected chi connectivity index (χ3v) is 4.60. The van der Waals surface area contributed by atoms with Gasteiger partial charge in [0.15, 0.2) is 0 Å². The van der Waals surface area contributed by atoms with Crippen LogP contribution in [0.1, 0.15) is 17.5 Å². The standard InChI is InChI=1S/C20H24N4O3/c1-27-18-7-3-2-6-16(18)14-24-10-9-22-20(26)17(24)11-19(25)23-13-15-5-4-8-21-12-15/h2-8,12,17H,9-11,13-14H2,1H3,(H,22,26)(H,23,25). The van der Waals surface area contributed by atoms with Crippen LogP contribution in [0.4, 0.5) is 0 Å². The minimum atomic E-state index is -0.502. The molecule has 0 radical (unpaired) electrons. The van der Waals surface area contributed by atoms with Crippen LogP contribution in [0.15, 0.2) is 48.8 Å². The van der Waals surface area contributed by atoms with Gasteiger partial charge in [0, 0.05) is 44.1 Å². The summed E-state index contributed by atoms with van der Waals surface area (Å²) in [4.78, 5) is 30.8. The van der Waals surface area contributed by atoms with E-state index in [4.69, 9.17) is 4.74 Å². The molecule has 2 amide bonds. The van der Waals surface area contributed by atoms with Gasteiger partial charge in [-0.3, -0.25) is 19.5 Å². The van der Waals surface area contributed by atoms with Crippen molar-refractivity contribution in [1.82, 2.24) is 20.5 Å². The van der Waals surface area contributed by atoms with Gasteiger partial charge in [-0.1, -0.05) is 24.3 Å². The molecule has 1 saturated heterocycles. The van der Waals surface area contributed by atoms with E-state index in [-0.39, 0.29) is 18.2 Å². The van der Waals surface area contributed by atoms with Crippen LogP contribution in [0, 0.1) is 0 Å². The van der Waals surface area contributed by atoms with Crippen molar-refractivity contribution in [1.29, 1.82) is 0 Å². The average molecular weight is 368 g/mol. The van der Waals surface area contributed by atoms with E-state index >= 15 is 0 Å². The number of hydrogen-bond donors (Lipinski definition) is 2. The van der Waals surface area contributed by atoms with Gasteiger partial charge in [-0.25, -0.2) is 0 Å². The SMILES string of the molecule is COc1ccccc1CN1CCNC(=O)C1CC(=O)NCc1cccnc1. The van der Waals surface area contributed by atoms with Gasteiger partial charge in [0.25, 0.3) is 0 Å². The predicted molar refractivity (Wildman–Crippen MR) is 101 cm³/mol. The van der Waals surface area contributed by atoms with Gasteiger partial charge in [0.05, 0.1) is 19.6 Å². The Balaban J connectivity index is 1.63. The lowest BCUT2D eigenvalue weighted by atomic mass is 10.1. The quantitative estimate of drug-likeness (QED) is 0.765. The van der Waals surface area contributed by atoms with E-state index in [2.05, 4.69) is 15.6 Å². The number of rotatable bonds is 7. The summed E-state index contributed by atoms with van der Waals surface area (Å²) >= 11 is 0. The first-order chi connectivity index (χ1) is 13.2. The molecule has 0 bridgehead atoms. The number of ether oxygens (including phenoxy) is 1. The van der Waals surface area contributed by atoms with Crippen molar-refractivity contribution in [2.24, 2.45) is 0 Å². The second kappa shape index (κ2) is 9.14. The Hall–Kier alpha value is -2.93. The number of benzene rings is 1. The highest BCUT2D eigenvalue weighted by molar-refractivity contribution is 5.88. The summed E-state index contributed by atoms with van der Waals surface area (Å²) in [6.07, 6.45) is 3.51. The van der Waals surface area contributed by atoms with Crippen LogP contribution >= 0.6 is 0 Å².